The predicted octanol–water partition coefficient (Wildman–Crippen LogP) is 1.73. The van der Waals surface area contributed by atoms with E-state index in [1.807, 2.05) is 0 Å². The molecule has 2 fully saturated rings. The minimum Gasteiger partial charge on any atom is -1.00 e. The monoisotopic (exact) mass is 596 g/mol. The zero-order valence-electron chi connectivity index (χ0n) is 23.5. The number of rotatable bonds is 10. The van der Waals surface area contributed by atoms with E-state index < -0.39 is 23.8 Å². The van der Waals surface area contributed by atoms with E-state index in [1.165, 1.54) is 87.0 Å². The number of nitrogens with zero attached hydrogens (tertiary/aromatic N) is 2. The number of hydrogen-bond donors (Lipinski definition) is 0. The van der Waals surface area contributed by atoms with Crippen LogP contribution in [0.3, 0.4) is 0 Å². The van der Waals surface area contributed by atoms with E-state index in [9.17, 15) is 0 Å². The minimum absolute atomic E-state index is 0. The molecule has 2 saturated heterocycles. The van der Waals surface area contributed by atoms with Crippen LogP contribution < -0.4 is 15.1 Å². The molecular formula is C30H48F2N2O2Zr. The first-order valence-corrected chi connectivity index (χ1v) is 15.9. The van der Waals surface area contributed by atoms with Gasteiger partial charge in [-0.25, -0.2) is 0 Å². The molecule has 2 aromatic carbocycles. The molecule has 0 amide bonds. The van der Waals surface area contributed by atoms with Crippen molar-refractivity contribution in [1.29, 1.82) is 0 Å². The first-order chi connectivity index (χ1) is 17.2. The van der Waals surface area contributed by atoms with Crippen LogP contribution in [0.5, 0.6) is 0 Å². The van der Waals surface area contributed by atoms with E-state index in [-0.39, 0.29) is 9.41 Å². The van der Waals surface area contributed by atoms with Crippen LogP contribution in [0.15, 0.2) is 48.5 Å². The molecule has 0 saturated carbocycles. The molecule has 0 unspecified atom stereocenters. The van der Waals surface area contributed by atoms with Crippen molar-refractivity contribution >= 4 is 11.4 Å². The molecule has 2 heterocycles. The zero-order chi connectivity index (χ0) is 25.1. The van der Waals surface area contributed by atoms with Crippen molar-refractivity contribution in [3.63, 3.8) is 0 Å². The molecule has 208 valence electrons. The zero-order valence-corrected chi connectivity index (χ0v) is 25.9. The molecule has 0 atom stereocenters. The molecule has 0 bridgehead atoms. The van der Waals surface area contributed by atoms with Crippen molar-refractivity contribution in [3.8, 4) is 0 Å². The molecule has 0 N–H and O–H groups in total. The van der Waals surface area contributed by atoms with Crippen molar-refractivity contribution in [1.82, 2.24) is 0 Å². The summed E-state index contributed by atoms with van der Waals surface area (Å²) in [5.74, 6) is 0. The molecule has 7 heteroatoms. The normalized spacial score (nSPS) is 13.5. The second-order valence-electron chi connectivity index (χ2n) is 9.32. The van der Waals surface area contributed by atoms with Crippen LogP contribution in [0.2, 0.25) is 0 Å². The van der Waals surface area contributed by atoms with Crippen molar-refractivity contribution < 1.29 is 42.7 Å². The number of hydrogen-bond acceptors (Lipinski definition) is 4. The Morgan fingerprint density at radius 3 is 1.24 bits per heavy atom. The number of halogens is 2. The summed E-state index contributed by atoms with van der Waals surface area (Å²) in [7, 11) is 0. The van der Waals surface area contributed by atoms with Gasteiger partial charge in [-0.05, 0) is 25.7 Å². The van der Waals surface area contributed by atoms with E-state index >= 15 is 0 Å². The third-order valence-corrected chi connectivity index (χ3v) is 9.65. The first-order valence-electron chi connectivity index (χ1n) is 13.8. The molecule has 4 nitrogen and oxygen atoms in total. The topological polar surface area (TPSA) is 24.9 Å². The van der Waals surface area contributed by atoms with E-state index in [1.54, 1.807) is 0 Å². The quantitative estimate of drug-likeness (QED) is 0.417. The van der Waals surface area contributed by atoms with Gasteiger partial charge in [0.2, 0.25) is 0 Å². The van der Waals surface area contributed by atoms with Gasteiger partial charge in [-0.15, -0.1) is 0 Å². The third-order valence-electron chi connectivity index (χ3n) is 6.18. The number of unbranched alkanes of at least 4 members (excludes halogenated alkanes) is 2. The Morgan fingerprint density at radius 1 is 0.622 bits per heavy atom. The van der Waals surface area contributed by atoms with E-state index in [4.69, 9.17) is 9.47 Å². The van der Waals surface area contributed by atoms with Crippen LogP contribution in [0, 0.1) is 13.8 Å². The van der Waals surface area contributed by atoms with Gasteiger partial charge in [0.15, 0.2) is 0 Å². The van der Waals surface area contributed by atoms with Gasteiger partial charge in [0, 0.05) is 26.4 Å². The van der Waals surface area contributed by atoms with Gasteiger partial charge >= 0.3 is 167 Å². The van der Waals surface area contributed by atoms with Crippen molar-refractivity contribution in [3.05, 3.63) is 59.7 Å². The third kappa shape index (κ3) is 14.4. The summed E-state index contributed by atoms with van der Waals surface area (Å²) < 4.78 is 15.3. The molecule has 4 rings (SSSR count). The number of ether oxygens (including phenoxy) is 2. The molecule has 2 aliphatic rings. The Labute approximate surface area is 237 Å². The average Bonchev–Trinajstić information content (AvgIpc) is 3.64. The molecular weight excluding hydrogens is 550 g/mol. The largest absolute Gasteiger partial charge is 1.00 e. The van der Waals surface area contributed by atoms with Gasteiger partial charge in [0.05, 0.1) is 0 Å². The Kier molecular flexibility index (Phi) is 21.9. The second kappa shape index (κ2) is 22.7. The predicted molar refractivity (Wildman–Crippen MR) is 147 cm³/mol. The fraction of sp³-hybridized carbons (Fsp3) is 0.600. The van der Waals surface area contributed by atoms with Crippen LogP contribution in [0.4, 0.5) is 11.4 Å². The van der Waals surface area contributed by atoms with Crippen LogP contribution >= 0.6 is 0 Å². The number of anilines is 2. The SMILES string of the molecule is C1CCOC1.C1CCOC1.CCCC[N]([Zr+2][N](CCCC)c1ccccc1C)c1ccccc1C.[F-].[F-]. The van der Waals surface area contributed by atoms with Gasteiger partial charge in [-0.2, -0.15) is 0 Å². The summed E-state index contributed by atoms with van der Waals surface area (Å²) in [6, 6.07) is 17.8. The van der Waals surface area contributed by atoms with Gasteiger partial charge in [-0.3, -0.25) is 0 Å². The van der Waals surface area contributed by atoms with Gasteiger partial charge in [0.1, 0.15) is 0 Å². The fourth-order valence-corrected chi connectivity index (χ4v) is 7.73. The van der Waals surface area contributed by atoms with E-state index in [0.29, 0.717) is 0 Å². The molecule has 0 aliphatic carbocycles. The van der Waals surface area contributed by atoms with Crippen LogP contribution in [0.1, 0.15) is 76.3 Å². The van der Waals surface area contributed by atoms with Crippen molar-refractivity contribution in [2.45, 2.75) is 79.1 Å². The Bertz CT molecular complexity index is 724. The molecule has 0 aromatic heterocycles. The smallest absolute Gasteiger partial charge is 1.00 e. The van der Waals surface area contributed by atoms with E-state index in [0.717, 1.165) is 26.4 Å². The maximum Gasteiger partial charge on any atom is -1.00 e. The van der Waals surface area contributed by atoms with Crippen LogP contribution in [-0.4, -0.2) is 39.5 Å². The first kappa shape index (κ1) is 35.7. The van der Waals surface area contributed by atoms with Crippen molar-refractivity contribution in [2.24, 2.45) is 0 Å². The summed E-state index contributed by atoms with van der Waals surface area (Å²) in [6.07, 6.45) is 10.2. The summed E-state index contributed by atoms with van der Waals surface area (Å²) in [6.45, 7) is 15.4. The number of aryl methyl sites for hydroxylation is 2. The van der Waals surface area contributed by atoms with Gasteiger partial charge < -0.3 is 18.9 Å². The Balaban J connectivity index is 0.000000892. The van der Waals surface area contributed by atoms with Gasteiger partial charge in [0.25, 0.3) is 0 Å². The molecule has 0 radical (unpaired) electrons. The van der Waals surface area contributed by atoms with Gasteiger partial charge in [-0.1, -0.05) is 0 Å². The standard InChI is InChI=1S/2C11H16N.2C4H8O.2FH.Zr/c2*1-3-4-9-12-11-8-6-5-7-10(11)2;2*1-2-4-5-3-1;;;/h2*5-8H,3-4,9H2,1-2H3;2*1-4H2;2*1H;/q2*-1;;;;;+4/p-2. The number of benzene rings is 2. The minimum atomic E-state index is -0.916. The summed E-state index contributed by atoms with van der Waals surface area (Å²) in [4.78, 5) is 0. The summed E-state index contributed by atoms with van der Waals surface area (Å²) in [5.41, 5.74) is 5.69. The fourth-order valence-electron chi connectivity index (χ4n) is 3.98. The molecule has 2 aromatic rings. The Morgan fingerprint density at radius 2 is 0.973 bits per heavy atom. The Hall–Kier alpha value is -1.30. The number of para-hydroxylation sites is 2. The summed E-state index contributed by atoms with van der Waals surface area (Å²) >= 11 is -0.916. The van der Waals surface area contributed by atoms with Crippen LogP contribution in [0.25, 0.3) is 0 Å². The maximum absolute atomic E-state index is 4.94. The molecule has 2 aliphatic heterocycles. The molecule has 37 heavy (non-hydrogen) atoms. The van der Waals surface area contributed by atoms with Crippen LogP contribution in [-0.2, 0) is 33.3 Å². The molecule has 0 spiro atoms. The van der Waals surface area contributed by atoms with E-state index in [2.05, 4.69) is 81.9 Å². The average molecular weight is 598 g/mol. The maximum atomic E-state index is 4.94. The summed E-state index contributed by atoms with van der Waals surface area (Å²) in [5, 5.41) is 0. The van der Waals surface area contributed by atoms with Crippen molar-refractivity contribution in [2.75, 3.05) is 45.2 Å². The second-order valence-corrected chi connectivity index (χ2v) is 12.5.